The van der Waals surface area contributed by atoms with E-state index in [9.17, 15) is 0 Å². The van der Waals surface area contributed by atoms with Crippen LogP contribution in [0.1, 0.15) is 45.1 Å². The van der Waals surface area contributed by atoms with E-state index in [4.69, 9.17) is 21.1 Å². The number of hydrogen-bond donors (Lipinski definition) is 0. The van der Waals surface area contributed by atoms with E-state index in [-0.39, 0.29) is 0 Å². The van der Waals surface area contributed by atoms with E-state index in [2.05, 4.69) is 56.3 Å². The van der Waals surface area contributed by atoms with E-state index in [1.54, 1.807) is 0 Å². The largest absolute Gasteiger partial charge is 0.492 e. The Morgan fingerprint density at radius 1 is 0.731 bits per heavy atom. The van der Waals surface area contributed by atoms with Crippen molar-refractivity contribution in [2.24, 2.45) is 0 Å². The molecule has 0 aliphatic heterocycles. The Kier molecular flexibility index (Phi) is 6.62. The first-order chi connectivity index (χ1) is 12.8. The van der Waals surface area contributed by atoms with Crippen LogP contribution in [0.5, 0.6) is 11.5 Å². The van der Waals surface area contributed by atoms with E-state index in [1.807, 2.05) is 0 Å². The normalized spacial score (nSPS) is 11.2. The molecule has 0 N–H and O–H groups in total. The van der Waals surface area contributed by atoms with Crippen molar-refractivity contribution < 1.29 is 9.47 Å². The van der Waals surface area contributed by atoms with Crippen molar-refractivity contribution in [2.75, 3.05) is 13.2 Å². The average Bonchev–Trinajstić information content (AvgIpc) is 2.69. The van der Waals surface area contributed by atoms with Crippen molar-refractivity contribution in [3.63, 3.8) is 0 Å². The molecule has 0 aliphatic rings. The summed E-state index contributed by atoms with van der Waals surface area (Å²) in [7, 11) is 0. The molecule has 0 unspecified atom stereocenters. The zero-order valence-corrected chi connectivity index (χ0v) is 16.4. The van der Waals surface area contributed by atoms with Gasteiger partial charge in [0.25, 0.3) is 0 Å². The highest BCUT2D eigenvalue weighted by molar-refractivity contribution is 6.17. The highest BCUT2D eigenvalue weighted by atomic mass is 35.5. The maximum atomic E-state index is 6.25. The lowest BCUT2D eigenvalue weighted by Crippen LogP contribution is -2.02. The van der Waals surface area contributed by atoms with Gasteiger partial charge in [0, 0.05) is 27.4 Å². The lowest BCUT2D eigenvalue weighted by atomic mass is 9.99. The Labute approximate surface area is 161 Å². The molecule has 2 nitrogen and oxygen atoms in total. The summed E-state index contributed by atoms with van der Waals surface area (Å²) < 4.78 is 12.5. The van der Waals surface area contributed by atoms with Gasteiger partial charge in [-0.1, -0.05) is 63.1 Å². The minimum atomic E-state index is 0.489. The van der Waals surface area contributed by atoms with Gasteiger partial charge in [-0.15, -0.1) is 11.6 Å². The van der Waals surface area contributed by atoms with E-state index >= 15 is 0 Å². The third kappa shape index (κ3) is 3.91. The second-order valence-electron chi connectivity index (χ2n) is 6.62. The first-order valence-corrected chi connectivity index (χ1v) is 10.1. The van der Waals surface area contributed by atoms with Crippen molar-refractivity contribution in [1.82, 2.24) is 0 Å². The second kappa shape index (κ2) is 9.14. The molecule has 3 aromatic rings. The maximum Gasteiger partial charge on any atom is 0.135 e. The maximum absolute atomic E-state index is 6.25. The molecule has 0 aromatic heterocycles. The van der Waals surface area contributed by atoms with Crippen LogP contribution in [0.15, 0.2) is 42.5 Å². The molecular formula is C23H27ClO2. The van der Waals surface area contributed by atoms with Gasteiger partial charge in [0.15, 0.2) is 0 Å². The van der Waals surface area contributed by atoms with Gasteiger partial charge in [-0.3, -0.25) is 0 Å². The minimum Gasteiger partial charge on any atom is -0.492 e. The van der Waals surface area contributed by atoms with Crippen LogP contribution in [0.2, 0.25) is 0 Å². The molecule has 26 heavy (non-hydrogen) atoms. The Hall–Kier alpha value is -1.93. The van der Waals surface area contributed by atoms with Gasteiger partial charge >= 0.3 is 0 Å². The molecule has 0 saturated heterocycles. The molecule has 0 heterocycles. The number of rotatable bonds is 9. The Balaban J connectivity index is 2.22. The summed E-state index contributed by atoms with van der Waals surface area (Å²) in [6.07, 6.45) is 4.32. The van der Waals surface area contributed by atoms with Gasteiger partial charge < -0.3 is 9.47 Å². The summed E-state index contributed by atoms with van der Waals surface area (Å²) in [5.41, 5.74) is 1.09. The molecule has 138 valence electrons. The smallest absolute Gasteiger partial charge is 0.135 e. The van der Waals surface area contributed by atoms with E-state index in [1.165, 1.54) is 0 Å². The summed E-state index contributed by atoms with van der Waals surface area (Å²) in [6, 6.07) is 14.7. The number of halogens is 1. The van der Waals surface area contributed by atoms with Crippen LogP contribution in [0.25, 0.3) is 21.5 Å². The highest BCUT2D eigenvalue weighted by Crippen LogP contribution is 2.43. The van der Waals surface area contributed by atoms with Crippen molar-refractivity contribution in [3.05, 3.63) is 48.0 Å². The average molecular weight is 371 g/mol. The molecule has 0 fully saturated rings. The summed E-state index contributed by atoms with van der Waals surface area (Å²) in [6.45, 7) is 5.80. The van der Waals surface area contributed by atoms with Gasteiger partial charge in [-0.05, 0) is 24.5 Å². The predicted molar refractivity (Wildman–Crippen MR) is 112 cm³/mol. The Bertz CT molecular complexity index is 873. The van der Waals surface area contributed by atoms with Crippen LogP contribution < -0.4 is 9.47 Å². The quantitative estimate of drug-likeness (QED) is 0.227. The predicted octanol–water partition coefficient (Wildman–Crippen LogP) is 7.09. The van der Waals surface area contributed by atoms with Crippen LogP contribution in [-0.2, 0) is 5.88 Å². The van der Waals surface area contributed by atoms with Crippen LogP contribution in [0.3, 0.4) is 0 Å². The molecule has 0 atom stereocenters. The van der Waals surface area contributed by atoms with Gasteiger partial charge in [0.05, 0.1) is 13.2 Å². The van der Waals surface area contributed by atoms with Crippen LogP contribution in [0, 0.1) is 0 Å². The molecule has 3 aromatic carbocycles. The molecule has 0 aliphatic carbocycles. The Morgan fingerprint density at radius 2 is 1.27 bits per heavy atom. The van der Waals surface area contributed by atoms with Crippen molar-refractivity contribution in [3.8, 4) is 11.5 Å². The fraction of sp³-hybridized carbons (Fsp3) is 0.391. The fourth-order valence-electron chi connectivity index (χ4n) is 3.18. The van der Waals surface area contributed by atoms with E-state index < -0.39 is 0 Å². The summed E-state index contributed by atoms with van der Waals surface area (Å²) >= 11 is 6.09. The third-order valence-corrected chi connectivity index (χ3v) is 4.94. The van der Waals surface area contributed by atoms with Crippen molar-refractivity contribution >= 4 is 33.1 Å². The van der Waals surface area contributed by atoms with Crippen molar-refractivity contribution in [2.45, 2.75) is 45.4 Å². The first-order valence-electron chi connectivity index (χ1n) is 9.59. The fourth-order valence-corrected chi connectivity index (χ4v) is 3.34. The monoisotopic (exact) mass is 370 g/mol. The Morgan fingerprint density at radius 3 is 1.81 bits per heavy atom. The topological polar surface area (TPSA) is 18.5 Å². The van der Waals surface area contributed by atoms with Gasteiger partial charge in [0.2, 0.25) is 0 Å². The highest BCUT2D eigenvalue weighted by Gasteiger charge is 2.16. The van der Waals surface area contributed by atoms with Gasteiger partial charge in [0.1, 0.15) is 11.5 Å². The summed E-state index contributed by atoms with van der Waals surface area (Å²) in [5, 5.41) is 4.40. The lowest BCUT2D eigenvalue weighted by molar-refractivity contribution is 0.311. The van der Waals surface area contributed by atoms with Crippen LogP contribution in [-0.4, -0.2) is 13.2 Å². The standard InChI is InChI=1S/C23H27ClO2/c1-3-5-13-25-22-18-9-7-8-10-19(18)23(26-14-6-4-2)21-15-17(16-24)11-12-20(21)22/h7-12,15H,3-6,13-14,16H2,1-2H3. The molecule has 3 heteroatoms. The number of hydrogen-bond acceptors (Lipinski definition) is 2. The molecular weight excluding hydrogens is 344 g/mol. The second-order valence-corrected chi connectivity index (χ2v) is 6.89. The molecule has 0 saturated carbocycles. The SMILES string of the molecule is CCCCOc1c2ccccc2c(OCCCC)c2cc(CCl)ccc12. The number of unbranched alkanes of at least 4 members (excludes halogenated alkanes) is 2. The van der Waals surface area contributed by atoms with Crippen molar-refractivity contribution in [1.29, 1.82) is 0 Å². The molecule has 0 amide bonds. The minimum absolute atomic E-state index is 0.489. The summed E-state index contributed by atoms with van der Waals surface area (Å²) in [4.78, 5) is 0. The molecule has 0 spiro atoms. The van der Waals surface area contributed by atoms with E-state index in [0.29, 0.717) is 5.88 Å². The number of alkyl halides is 1. The molecule has 0 bridgehead atoms. The number of ether oxygens (including phenoxy) is 2. The van der Waals surface area contributed by atoms with Crippen LogP contribution >= 0.6 is 11.6 Å². The molecule has 0 radical (unpaired) electrons. The zero-order valence-electron chi connectivity index (χ0n) is 15.7. The first kappa shape index (κ1) is 18.8. The van der Waals surface area contributed by atoms with Gasteiger partial charge in [-0.2, -0.15) is 0 Å². The number of fused-ring (bicyclic) bond motifs is 2. The molecule has 3 rings (SSSR count). The van der Waals surface area contributed by atoms with Gasteiger partial charge in [-0.25, -0.2) is 0 Å². The van der Waals surface area contributed by atoms with Crippen LogP contribution in [0.4, 0.5) is 0 Å². The van der Waals surface area contributed by atoms with E-state index in [0.717, 1.165) is 77.5 Å². The lowest BCUT2D eigenvalue weighted by Gasteiger charge is -2.18. The number of benzene rings is 3. The summed E-state index contributed by atoms with van der Waals surface area (Å²) in [5.74, 6) is 2.38. The third-order valence-electron chi connectivity index (χ3n) is 4.63. The zero-order chi connectivity index (χ0) is 18.4.